The van der Waals surface area contributed by atoms with Crippen molar-refractivity contribution in [2.45, 2.75) is 6.92 Å². The lowest BCUT2D eigenvalue weighted by Crippen LogP contribution is -2.20. The summed E-state index contributed by atoms with van der Waals surface area (Å²) in [4.78, 5) is 32.6. The number of nitrogens with one attached hydrogen (secondary N) is 1. The number of hydrogen-bond acceptors (Lipinski definition) is 6. The molecule has 2 heterocycles. The van der Waals surface area contributed by atoms with Gasteiger partial charge in [-0.1, -0.05) is 12.1 Å². The number of thiazole rings is 1. The molecular weight excluding hydrogens is 352 g/mol. The van der Waals surface area contributed by atoms with E-state index in [2.05, 4.69) is 15.3 Å². The van der Waals surface area contributed by atoms with Crippen molar-refractivity contribution >= 4 is 28.8 Å². The van der Waals surface area contributed by atoms with Crippen molar-refractivity contribution in [2.75, 3.05) is 11.9 Å². The first kappa shape index (κ1) is 17.6. The van der Waals surface area contributed by atoms with E-state index in [9.17, 15) is 9.59 Å². The molecule has 0 atom stereocenters. The number of carbonyl (C=O) groups is 2. The number of nitrogens with zero attached hydrogens (tertiary/aromatic N) is 2. The summed E-state index contributed by atoms with van der Waals surface area (Å²) in [5, 5.41) is 3.49. The van der Waals surface area contributed by atoms with Gasteiger partial charge < -0.3 is 15.8 Å². The van der Waals surface area contributed by atoms with Gasteiger partial charge in [-0.3, -0.25) is 14.6 Å². The van der Waals surface area contributed by atoms with Crippen molar-refractivity contribution < 1.29 is 14.3 Å². The summed E-state index contributed by atoms with van der Waals surface area (Å²) in [5.41, 5.74) is 6.96. The molecular formula is C18H16N4O3S. The first-order valence-electron chi connectivity index (χ1n) is 7.74. The molecule has 0 radical (unpaired) electrons. The van der Waals surface area contributed by atoms with Crippen LogP contribution in [0.2, 0.25) is 0 Å². The van der Waals surface area contributed by atoms with E-state index in [-0.39, 0.29) is 12.5 Å². The molecule has 0 spiro atoms. The Kier molecular flexibility index (Phi) is 5.23. The Bertz CT molecular complexity index is 941. The molecule has 0 aliphatic carbocycles. The monoisotopic (exact) mass is 368 g/mol. The number of hydrogen-bond donors (Lipinski definition) is 2. The normalized spacial score (nSPS) is 10.3. The van der Waals surface area contributed by atoms with Crippen molar-refractivity contribution in [1.29, 1.82) is 0 Å². The van der Waals surface area contributed by atoms with Gasteiger partial charge in [0.25, 0.3) is 11.8 Å². The number of aromatic nitrogens is 2. The number of pyridine rings is 1. The number of nitrogens with two attached hydrogens (primary N) is 1. The maximum absolute atomic E-state index is 12.6. The highest BCUT2D eigenvalue weighted by molar-refractivity contribution is 7.17. The summed E-state index contributed by atoms with van der Waals surface area (Å²) in [6, 6.07) is 12.3. The second-order valence-electron chi connectivity index (χ2n) is 5.39. The molecule has 3 N–H and O–H groups in total. The van der Waals surface area contributed by atoms with Gasteiger partial charge in [-0.15, -0.1) is 11.3 Å². The molecule has 2 amide bonds. The summed E-state index contributed by atoms with van der Waals surface area (Å²) in [6.07, 6.45) is 1.68. The summed E-state index contributed by atoms with van der Waals surface area (Å²) in [7, 11) is 0. The lowest BCUT2D eigenvalue weighted by molar-refractivity contribution is -0.119. The maximum atomic E-state index is 12.6. The molecule has 0 aliphatic rings. The molecule has 3 rings (SSSR count). The molecule has 132 valence electrons. The molecule has 0 fully saturated rings. The van der Waals surface area contributed by atoms with Crippen molar-refractivity contribution in [3.8, 4) is 16.5 Å². The van der Waals surface area contributed by atoms with Crippen LogP contribution in [0.15, 0.2) is 48.7 Å². The number of anilines is 1. The Morgan fingerprint density at radius 1 is 1.23 bits per heavy atom. The Labute approximate surface area is 153 Å². The average Bonchev–Trinajstić information content (AvgIpc) is 3.03. The predicted octanol–water partition coefficient (Wildman–Crippen LogP) is 2.63. The Morgan fingerprint density at radius 2 is 2.08 bits per heavy atom. The zero-order chi connectivity index (χ0) is 18.5. The molecule has 0 aliphatic heterocycles. The third kappa shape index (κ3) is 4.22. The number of primary amides is 1. The number of benzene rings is 1. The van der Waals surface area contributed by atoms with Crippen LogP contribution in [-0.4, -0.2) is 28.4 Å². The third-order valence-electron chi connectivity index (χ3n) is 3.36. The van der Waals surface area contributed by atoms with Gasteiger partial charge in [0, 0.05) is 18.0 Å². The lowest BCUT2D eigenvalue weighted by Gasteiger charge is -2.07. The van der Waals surface area contributed by atoms with Gasteiger partial charge >= 0.3 is 0 Å². The molecule has 0 saturated heterocycles. The summed E-state index contributed by atoms with van der Waals surface area (Å²) in [5.74, 6) is -0.396. The minimum Gasteiger partial charge on any atom is -0.484 e. The van der Waals surface area contributed by atoms with E-state index in [1.54, 1.807) is 37.4 Å². The number of carbonyl (C=O) groups excluding carboxylic acids is 2. The number of ether oxygens (including phenoxy) is 1. The molecule has 1 aromatic carbocycles. The van der Waals surface area contributed by atoms with Gasteiger partial charge in [0.1, 0.15) is 15.6 Å². The molecule has 26 heavy (non-hydrogen) atoms. The topological polar surface area (TPSA) is 107 Å². The minimum atomic E-state index is -0.568. The van der Waals surface area contributed by atoms with E-state index >= 15 is 0 Å². The molecule has 0 saturated carbocycles. The van der Waals surface area contributed by atoms with Crippen LogP contribution in [0.3, 0.4) is 0 Å². The van der Waals surface area contributed by atoms with Gasteiger partial charge in [-0.2, -0.15) is 0 Å². The van der Waals surface area contributed by atoms with E-state index in [0.29, 0.717) is 27.0 Å². The number of amides is 2. The first-order valence-corrected chi connectivity index (χ1v) is 8.56. The van der Waals surface area contributed by atoms with Gasteiger partial charge in [-0.05, 0) is 31.2 Å². The number of aryl methyl sites for hydroxylation is 1. The van der Waals surface area contributed by atoms with E-state index < -0.39 is 5.91 Å². The van der Waals surface area contributed by atoms with Crippen LogP contribution in [-0.2, 0) is 4.79 Å². The summed E-state index contributed by atoms with van der Waals surface area (Å²) >= 11 is 1.28. The van der Waals surface area contributed by atoms with E-state index in [1.165, 1.54) is 11.3 Å². The largest absolute Gasteiger partial charge is 0.484 e. The maximum Gasteiger partial charge on any atom is 0.267 e. The fraction of sp³-hybridized carbons (Fsp3) is 0.111. The van der Waals surface area contributed by atoms with Gasteiger partial charge in [0.15, 0.2) is 6.61 Å². The highest BCUT2D eigenvalue weighted by atomic mass is 32.1. The quantitative estimate of drug-likeness (QED) is 0.695. The van der Waals surface area contributed by atoms with E-state index in [0.717, 1.165) is 5.69 Å². The van der Waals surface area contributed by atoms with Crippen LogP contribution in [0, 0.1) is 6.92 Å². The van der Waals surface area contributed by atoms with Crippen LogP contribution < -0.4 is 15.8 Å². The van der Waals surface area contributed by atoms with Crippen molar-refractivity contribution in [1.82, 2.24) is 9.97 Å². The van der Waals surface area contributed by atoms with Crippen LogP contribution >= 0.6 is 11.3 Å². The Balaban J connectivity index is 1.75. The fourth-order valence-corrected chi connectivity index (χ4v) is 3.15. The van der Waals surface area contributed by atoms with E-state index in [1.807, 2.05) is 18.2 Å². The molecule has 8 heteroatoms. The highest BCUT2D eigenvalue weighted by Gasteiger charge is 2.17. The van der Waals surface area contributed by atoms with Crippen LogP contribution in [0.5, 0.6) is 5.75 Å². The van der Waals surface area contributed by atoms with Crippen molar-refractivity contribution in [3.63, 3.8) is 0 Å². The first-order chi connectivity index (χ1) is 12.5. The SMILES string of the molecule is Cc1nc(-c2ccccn2)sc1C(=O)Nc1cccc(OCC(N)=O)c1. The third-order valence-corrected chi connectivity index (χ3v) is 4.54. The highest BCUT2D eigenvalue weighted by Crippen LogP contribution is 2.27. The smallest absolute Gasteiger partial charge is 0.267 e. The molecule has 0 unspecified atom stereocenters. The lowest BCUT2D eigenvalue weighted by atomic mass is 10.3. The Hall–Kier alpha value is -3.26. The predicted molar refractivity (Wildman–Crippen MR) is 99.2 cm³/mol. The summed E-state index contributed by atoms with van der Waals surface area (Å²) in [6.45, 7) is 1.56. The summed E-state index contributed by atoms with van der Waals surface area (Å²) < 4.78 is 5.24. The minimum absolute atomic E-state index is 0.223. The van der Waals surface area contributed by atoms with Crippen molar-refractivity contribution in [3.05, 3.63) is 59.2 Å². The van der Waals surface area contributed by atoms with E-state index in [4.69, 9.17) is 10.5 Å². The second kappa shape index (κ2) is 7.75. The molecule has 0 bridgehead atoms. The average molecular weight is 368 g/mol. The van der Waals surface area contributed by atoms with Gasteiger partial charge in [0.2, 0.25) is 0 Å². The van der Waals surface area contributed by atoms with Crippen LogP contribution in [0.4, 0.5) is 5.69 Å². The zero-order valence-electron chi connectivity index (χ0n) is 13.9. The molecule has 3 aromatic rings. The van der Waals surface area contributed by atoms with Gasteiger partial charge in [-0.25, -0.2) is 4.98 Å². The molecule has 2 aromatic heterocycles. The zero-order valence-corrected chi connectivity index (χ0v) is 14.7. The van der Waals surface area contributed by atoms with Crippen LogP contribution in [0.25, 0.3) is 10.7 Å². The van der Waals surface area contributed by atoms with Crippen LogP contribution in [0.1, 0.15) is 15.4 Å². The second-order valence-corrected chi connectivity index (χ2v) is 6.38. The molecule has 7 nitrogen and oxygen atoms in total. The number of rotatable bonds is 6. The Morgan fingerprint density at radius 3 is 2.81 bits per heavy atom. The fourth-order valence-electron chi connectivity index (χ4n) is 2.21. The standard InChI is InChI=1S/C18H16N4O3S/c1-11-16(26-18(21-11)14-7-2-3-8-20-14)17(24)22-12-5-4-6-13(9-12)25-10-15(19)23/h2-9H,10H2,1H3,(H2,19,23)(H,22,24). The van der Waals surface area contributed by atoms with Crippen molar-refractivity contribution in [2.24, 2.45) is 5.73 Å². The van der Waals surface area contributed by atoms with Gasteiger partial charge in [0.05, 0.1) is 11.4 Å².